The number of pyridine rings is 1. The van der Waals surface area contributed by atoms with Crippen LogP contribution in [0.15, 0.2) is 85.2 Å². The van der Waals surface area contributed by atoms with Crippen molar-refractivity contribution < 1.29 is 14.3 Å². The molecule has 1 amide bonds. The molecule has 1 fully saturated rings. The van der Waals surface area contributed by atoms with Gasteiger partial charge in [0, 0.05) is 36.6 Å². The topological polar surface area (TPSA) is 80.7 Å². The number of methoxy groups -OCH3 is 1. The van der Waals surface area contributed by atoms with Crippen molar-refractivity contribution in [3.63, 3.8) is 0 Å². The predicted molar refractivity (Wildman–Crippen MR) is 157 cm³/mol. The van der Waals surface area contributed by atoms with Gasteiger partial charge in [-0.1, -0.05) is 17.7 Å². The summed E-state index contributed by atoms with van der Waals surface area (Å²) >= 11 is 12.5. The van der Waals surface area contributed by atoms with Gasteiger partial charge in [0.05, 0.1) is 29.1 Å². The number of carbonyl (C=O) groups is 1. The summed E-state index contributed by atoms with van der Waals surface area (Å²) in [5.74, 6) is 0.533. The number of halogens is 1. The minimum atomic E-state index is -0.285. The molecule has 0 bridgehead atoms. The molecule has 4 aromatic rings. The number of benzene rings is 2. The molecule has 0 aliphatic carbocycles. The first-order chi connectivity index (χ1) is 19.0. The van der Waals surface area contributed by atoms with Crippen LogP contribution in [0.2, 0.25) is 5.02 Å². The van der Waals surface area contributed by atoms with Crippen molar-refractivity contribution in [1.29, 1.82) is 0 Å². The van der Waals surface area contributed by atoms with Crippen LogP contribution in [0.1, 0.15) is 30.4 Å². The molecule has 200 valence electrons. The number of hydrogen-bond donors (Lipinski definition) is 2. The maximum Gasteiger partial charge on any atom is 0.250 e. The quantitative estimate of drug-likeness (QED) is 0.254. The van der Waals surface area contributed by atoms with E-state index in [1.807, 2.05) is 72.6 Å². The van der Waals surface area contributed by atoms with Gasteiger partial charge in [-0.15, -0.1) is 0 Å². The van der Waals surface area contributed by atoms with Gasteiger partial charge in [-0.05, 0) is 85.9 Å². The fourth-order valence-corrected chi connectivity index (χ4v) is 5.31. The third-order valence-electron chi connectivity index (χ3n) is 6.39. The highest BCUT2D eigenvalue weighted by atomic mass is 35.5. The average molecular weight is 562 g/mol. The van der Waals surface area contributed by atoms with Gasteiger partial charge in [-0.25, -0.2) is 0 Å². The number of aromatic nitrogens is 2. The molecule has 2 unspecified atom stereocenters. The lowest BCUT2D eigenvalue weighted by atomic mass is 10.0. The molecule has 1 aliphatic rings. The minimum Gasteiger partial charge on any atom is -0.494 e. The van der Waals surface area contributed by atoms with E-state index in [4.69, 9.17) is 33.3 Å². The van der Waals surface area contributed by atoms with Crippen LogP contribution >= 0.6 is 23.8 Å². The zero-order valence-electron chi connectivity index (χ0n) is 21.5. The molecule has 8 nitrogen and oxygen atoms in total. The maximum atomic E-state index is 12.0. The molecule has 1 saturated heterocycles. The molecule has 1 aliphatic heterocycles. The van der Waals surface area contributed by atoms with Crippen molar-refractivity contribution in [1.82, 2.24) is 14.9 Å². The summed E-state index contributed by atoms with van der Waals surface area (Å²) in [4.78, 5) is 18.7. The highest BCUT2D eigenvalue weighted by molar-refractivity contribution is 7.80. The fourth-order valence-electron chi connectivity index (χ4n) is 4.75. The molecule has 0 saturated carbocycles. The van der Waals surface area contributed by atoms with Crippen LogP contribution < -0.4 is 20.3 Å². The fraction of sp³-hybridized carbons (Fsp3) is 0.207. The van der Waals surface area contributed by atoms with Gasteiger partial charge in [0.25, 0.3) is 0 Å². The minimum absolute atomic E-state index is 0.0609. The van der Waals surface area contributed by atoms with Crippen LogP contribution in [0.25, 0.3) is 5.69 Å². The van der Waals surface area contributed by atoms with Gasteiger partial charge >= 0.3 is 0 Å². The molecule has 2 atom stereocenters. The Morgan fingerprint density at radius 3 is 2.59 bits per heavy atom. The van der Waals surface area contributed by atoms with Crippen LogP contribution in [0.4, 0.5) is 11.4 Å². The number of thiocarbonyl (C=S) groups is 1. The second-order valence-corrected chi connectivity index (χ2v) is 9.67. The van der Waals surface area contributed by atoms with Crippen molar-refractivity contribution in [2.75, 3.05) is 30.5 Å². The van der Waals surface area contributed by atoms with E-state index in [0.717, 1.165) is 28.5 Å². The molecule has 3 heterocycles. The van der Waals surface area contributed by atoms with Crippen molar-refractivity contribution in [3.8, 4) is 11.4 Å². The van der Waals surface area contributed by atoms with E-state index >= 15 is 0 Å². The summed E-state index contributed by atoms with van der Waals surface area (Å²) in [6.07, 6.45) is 3.81. The van der Waals surface area contributed by atoms with Crippen molar-refractivity contribution in [3.05, 3.63) is 102 Å². The van der Waals surface area contributed by atoms with Crippen LogP contribution in [0.5, 0.6) is 5.75 Å². The van der Waals surface area contributed by atoms with Crippen LogP contribution in [0.3, 0.4) is 0 Å². The summed E-state index contributed by atoms with van der Waals surface area (Å²) in [6, 6.07) is 22.9. The highest BCUT2D eigenvalue weighted by Crippen LogP contribution is 2.43. The molecular formula is C29H28ClN5O3S. The lowest BCUT2D eigenvalue weighted by Gasteiger charge is -2.29. The normalized spacial score (nSPS) is 16.7. The Labute approximate surface area is 237 Å². The second-order valence-electron chi connectivity index (χ2n) is 8.87. The number of nitrogens with zero attached hydrogens (tertiary/aromatic N) is 3. The van der Waals surface area contributed by atoms with E-state index in [-0.39, 0.29) is 24.6 Å². The Bertz CT molecular complexity index is 1460. The van der Waals surface area contributed by atoms with Crippen LogP contribution in [0, 0.1) is 0 Å². The molecular weight excluding hydrogens is 534 g/mol. The molecule has 2 aromatic heterocycles. The molecule has 39 heavy (non-hydrogen) atoms. The van der Waals surface area contributed by atoms with Gasteiger partial charge in [0.1, 0.15) is 18.4 Å². The van der Waals surface area contributed by atoms with Crippen LogP contribution in [-0.2, 0) is 9.53 Å². The van der Waals surface area contributed by atoms with E-state index in [2.05, 4.69) is 26.3 Å². The summed E-state index contributed by atoms with van der Waals surface area (Å²) in [6.45, 7) is 2.51. The van der Waals surface area contributed by atoms with Gasteiger partial charge in [-0.3, -0.25) is 9.78 Å². The molecule has 10 heteroatoms. The first-order valence-electron chi connectivity index (χ1n) is 12.5. The molecule has 5 rings (SSSR count). The number of ether oxygens (including phenoxy) is 2. The van der Waals surface area contributed by atoms with Crippen molar-refractivity contribution >= 4 is 46.2 Å². The summed E-state index contributed by atoms with van der Waals surface area (Å²) in [5.41, 5.74) is 4.14. The lowest BCUT2D eigenvalue weighted by molar-refractivity contribution is -0.119. The Morgan fingerprint density at radius 1 is 1.10 bits per heavy atom. The largest absolute Gasteiger partial charge is 0.494 e. The van der Waals surface area contributed by atoms with Gasteiger partial charge in [0.15, 0.2) is 5.11 Å². The van der Waals surface area contributed by atoms with Gasteiger partial charge < -0.3 is 29.6 Å². The highest BCUT2D eigenvalue weighted by Gasteiger charge is 2.42. The Kier molecular flexibility index (Phi) is 8.11. The Morgan fingerprint density at radius 2 is 1.90 bits per heavy atom. The molecule has 2 aromatic carbocycles. The molecule has 0 radical (unpaired) electrons. The third kappa shape index (κ3) is 5.61. The number of anilines is 2. The predicted octanol–water partition coefficient (Wildman–Crippen LogP) is 5.69. The van der Waals surface area contributed by atoms with E-state index in [1.165, 1.54) is 7.11 Å². The monoisotopic (exact) mass is 561 g/mol. The maximum absolute atomic E-state index is 12.0. The zero-order chi connectivity index (χ0) is 27.4. The smallest absolute Gasteiger partial charge is 0.250 e. The Balaban J connectivity index is 1.56. The van der Waals surface area contributed by atoms with E-state index in [1.54, 1.807) is 18.3 Å². The summed E-state index contributed by atoms with van der Waals surface area (Å²) < 4.78 is 12.7. The van der Waals surface area contributed by atoms with Crippen molar-refractivity contribution in [2.24, 2.45) is 0 Å². The van der Waals surface area contributed by atoms with Crippen LogP contribution in [-0.4, -0.2) is 40.9 Å². The third-order valence-corrected chi connectivity index (χ3v) is 7.01. The molecule has 2 N–H and O–H groups in total. The summed E-state index contributed by atoms with van der Waals surface area (Å²) in [7, 11) is 1.47. The first-order valence-corrected chi connectivity index (χ1v) is 13.3. The van der Waals surface area contributed by atoms with E-state index in [0.29, 0.717) is 22.4 Å². The summed E-state index contributed by atoms with van der Waals surface area (Å²) in [5, 5.41) is 7.18. The first kappa shape index (κ1) is 26.7. The van der Waals surface area contributed by atoms with Gasteiger partial charge in [0.2, 0.25) is 5.91 Å². The Hall–Kier alpha value is -3.92. The zero-order valence-corrected chi connectivity index (χ0v) is 23.1. The number of nitrogens with one attached hydrogen (secondary N) is 2. The number of carbonyl (C=O) groups excluding carboxylic acids is 1. The number of amides is 1. The van der Waals surface area contributed by atoms with Crippen molar-refractivity contribution in [2.45, 2.75) is 19.0 Å². The standard InChI is InChI=1S/C29H28ClN5O3S/c1-3-38-21-12-9-19(10-13-21)34-16-6-8-25(34)28-27(24-7-4-5-15-31-24)33-29(39)35(28)20-11-14-23(22(30)17-20)32-26(36)18-37-2/h4-17,27-28H,3,18H2,1-2H3,(H,32,36)(H,33,39). The number of rotatable bonds is 9. The van der Waals surface area contributed by atoms with E-state index < -0.39 is 0 Å². The SMILES string of the molecule is CCOc1ccc(-n2cccc2C2C(c3ccccn3)NC(=S)N2c2ccc(NC(=O)COC)c(Cl)c2)cc1. The van der Waals surface area contributed by atoms with E-state index in [9.17, 15) is 4.79 Å². The molecule has 0 spiro atoms. The number of hydrogen-bond acceptors (Lipinski definition) is 5. The lowest BCUT2D eigenvalue weighted by Crippen LogP contribution is -2.30. The average Bonchev–Trinajstić information content (AvgIpc) is 3.55. The second kappa shape index (κ2) is 11.9. The van der Waals surface area contributed by atoms with Gasteiger partial charge in [-0.2, -0.15) is 0 Å².